The van der Waals surface area contributed by atoms with Crippen LogP contribution in [0.1, 0.15) is 36.8 Å². The quantitative estimate of drug-likeness (QED) is 0.260. The lowest BCUT2D eigenvalue weighted by Gasteiger charge is -2.45. The molecule has 0 spiro atoms. The molecule has 1 aliphatic carbocycles. The average Bonchev–Trinajstić information content (AvgIpc) is 3.09. The standard InChI is InChI=1S/C35H38F2N4O5.ClH/c1-45-23-31-28(32(42)46-2)22-41(34(44)39-31)33(43)38-19-20-40(27-13-14-29(36)30(37)21-27)26-15-17-35(18-16-26,24-9-5-3-6-10-24)25-11-7-4-8-12-25;/h3-14,21,26H,15-20,22-23H2,1-2H3,(H,38,43)(H,39,44);1H. The molecular formula is C35H39ClF2N4O5. The van der Waals surface area contributed by atoms with Crippen molar-refractivity contribution in [2.45, 2.75) is 37.1 Å². The second-order valence-electron chi connectivity index (χ2n) is 11.5. The van der Waals surface area contributed by atoms with Gasteiger partial charge in [-0.2, -0.15) is 0 Å². The Hall–Kier alpha value is -4.48. The number of imide groups is 1. The highest BCUT2D eigenvalue weighted by atomic mass is 35.5. The monoisotopic (exact) mass is 668 g/mol. The Morgan fingerprint density at radius 3 is 2.13 bits per heavy atom. The third-order valence-corrected chi connectivity index (χ3v) is 8.92. The molecule has 47 heavy (non-hydrogen) atoms. The van der Waals surface area contributed by atoms with E-state index in [1.807, 2.05) is 41.3 Å². The van der Waals surface area contributed by atoms with Crippen LogP contribution >= 0.6 is 12.4 Å². The maximum Gasteiger partial charge on any atom is 0.337 e. The zero-order chi connectivity index (χ0) is 32.7. The number of ether oxygens (including phenoxy) is 2. The molecule has 3 aromatic rings. The van der Waals surface area contributed by atoms with Gasteiger partial charge in [-0.25, -0.2) is 28.1 Å². The molecule has 1 saturated carbocycles. The fourth-order valence-electron chi connectivity index (χ4n) is 6.57. The van der Waals surface area contributed by atoms with Crippen molar-refractivity contribution in [3.05, 3.63) is 113 Å². The van der Waals surface area contributed by atoms with Gasteiger partial charge >= 0.3 is 18.0 Å². The van der Waals surface area contributed by atoms with Crippen LogP contribution in [0.15, 0.2) is 90.1 Å². The Bertz CT molecular complexity index is 1540. The number of rotatable bonds is 10. The number of esters is 1. The first-order chi connectivity index (χ1) is 22.3. The third-order valence-electron chi connectivity index (χ3n) is 8.92. The molecule has 1 fully saturated rings. The van der Waals surface area contributed by atoms with E-state index in [1.54, 1.807) is 6.07 Å². The Balaban J connectivity index is 0.00000500. The number of methoxy groups -OCH3 is 2. The summed E-state index contributed by atoms with van der Waals surface area (Å²) in [6, 6.07) is 23.2. The number of hydrogen-bond donors (Lipinski definition) is 2. The zero-order valence-corrected chi connectivity index (χ0v) is 27.2. The number of anilines is 1. The predicted octanol–water partition coefficient (Wildman–Crippen LogP) is 5.93. The van der Waals surface area contributed by atoms with Gasteiger partial charge in [-0.05, 0) is 48.9 Å². The molecule has 5 rings (SSSR count). The van der Waals surface area contributed by atoms with Gasteiger partial charge in [0.15, 0.2) is 11.6 Å². The van der Waals surface area contributed by atoms with Gasteiger partial charge in [0.2, 0.25) is 0 Å². The molecule has 2 aliphatic rings. The van der Waals surface area contributed by atoms with Gasteiger partial charge in [0.05, 0.1) is 31.5 Å². The Morgan fingerprint density at radius 1 is 0.957 bits per heavy atom. The molecule has 4 amide bonds. The second-order valence-corrected chi connectivity index (χ2v) is 11.5. The lowest BCUT2D eigenvalue weighted by atomic mass is 9.64. The maximum atomic E-state index is 14.5. The maximum absolute atomic E-state index is 14.5. The van der Waals surface area contributed by atoms with Gasteiger partial charge < -0.3 is 25.0 Å². The highest BCUT2D eigenvalue weighted by molar-refractivity contribution is 6.00. The van der Waals surface area contributed by atoms with Gasteiger partial charge in [0.1, 0.15) is 0 Å². The molecule has 12 heteroatoms. The number of nitrogens with one attached hydrogen (secondary N) is 2. The van der Waals surface area contributed by atoms with E-state index >= 15 is 0 Å². The van der Waals surface area contributed by atoms with Crippen LogP contribution in [0.5, 0.6) is 0 Å². The van der Waals surface area contributed by atoms with Gasteiger partial charge in [-0.3, -0.25) is 0 Å². The molecule has 0 aromatic heterocycles. The Morgan fingerprint density at radius 2 is 1.57 bits per heavy atom. The normalized spacial score (nSPS) is 16.2. The summed E-state index contributed by atoms with van der Waals surface area (Å²) in [7, 11) is 2.63. The largest absolute Gasteiger partial charge is 0.466 e. The van der Waals surface area contributed by atoms with Crippen LogP contribution in [0, 0.1) is 11.6 Å². The van der Waals surface area contributed by atoms with Crippen LogP contribution in [0.3, 0.4) is 0 Å². The van der Waals surface area contributed by atoms with E-state index in [-0.39, 0.29) is 61.4 Å². The van der Waals surface area contributed by atoms with Crippen LogP contribution in [0.25, 0.3) is 0 Å². The minimum atomic E-state index is -0.954. The fourth-order valence-corrected chi connectivity index (χ4v) is 6.57. The molecule has 1 heterocycles. The van der Waals surface area contributed by atoms with Crippen molar-refractivity contribution in [1.82, 2.24) is 15.5 Å². The number of urea groups is 2. The van der Waals surface area contributed by atoms with Crippen LogP contribution in [-0.4, -0.2) is 69.4 Å². The minimum absolute atomic E-state index is 0. The smallest absolute Gasteiger partial charge is 0.337 e. The SMILES string of the molecule is COCC1=C(C(=O)OC)CN(C(=O)NCCN(c2ccc(F)c(F)c2)C2CCC(c3ccccc3)(c3ccccc3)CC2)C(=O)N1.Cl. The van der Waals surface area contributed by atoms with Crippen molar-refractivity contribution in [3.8, 4) is 0 Å². The molecule has 250 valence electrons. The molecule has 1 aliphatic heterocycles. The van der Waals surface area contributed by atoms with Crippen molar-refractivity contribution in [2.75, 3.05) is 45.4 Å². The molecule has 0 bridgehead atoms. The Kier molecular flexibility index (Phi) is 12.0. The summed E-state index contributed by atoms with van der Waals surface area (Å²) in [6.07, 6.45) is 3.19. The first kappa shape index (κ1) is 35.4. The van der Waals surface area contributed by atoms with E-state index < -0.39 is 29.7 Å². The molecule has 0 radical (unpaired) electrons. The fraction of sp³-hybridized carbons (Fsp3) is 0.343. The highest BCUT2D eigenvalue weighted by Gasteiger charge is 2.40. The van der Waals surface area contributed by atoms with E-state index in [9.17, 15) is 23.2 Å². The van der Waals surface area contributed by atoms with Crippen molar-refractivity contribution in [2.24, 2.45) is 0 Å². The lowest BCUT2D eigenvalue weighted by Crippen LogP contribution is -2.54. The molecule has 2 N–H and O–H groups in total. The predicted molar refractivity (Wildman–Crippen MR) is 176 cm³/mol. The molecular weight excluding hydrogens is 630 g/mol. The van der Waals surface area contributed by atoms with Crippen molar-refractivity contribution in [1.29, 1.82) is 0 Å². The zero-order valence-electron chi connectivity index (χ0n) is 26.3. The van der Waals surface area contributed by atoms with Crippen molar-refractivity contribution >= 4 is 36.1 Å². The van der Waals surface area contributed by atoms with Gasteiger partial charge in [-0.1, -0.05) is 60.7 Å². The number of nitrogens with zero attached hydrogens (tertiary/aromatic N) is 2. The van der Waals surface area contributed by atoms with Crippen molar-refractivity contribution < 1.29 is 32.6 Å². The lowest BCUT2D eigenvalue weighted by molar-refractivity contribution is -0.136. The summed E-state index contributed by atoms with van der Waals surface area (Å²) < 4.78 is 38.3. The summed E-state index contributed by atoms with van der Waals surface area (Å²) in [4.78, 5) is 41.1. The number of hydrogen-bond acceptors (Lipinski definition) is 6. The molecule has 0 saturated heterocycles. The third kappa shape index (κ3) is 7.74. The summed E-state index contributed by atoms with van der Waals surface area (Å²) in [5.74, 6) is -2.58. The van der Waals surface area contributed by atoms with E-state index in [0.717, 1.165) is 36.6 Å². The number of carbonyl (C=O) groups excluding carboxylic acids is 3. The molecule has 0 atom stereocenters. The topological polar surface area (TPSA) is 100 Å². The Labute approximate surface area is 279 Å². The van der Waals surface area contributed by atoms with E-state index in [2.05, 4.69) is 34.9 Å². The van der Waals surface area contributed by atoms with E-state index in [1.165, 1.54) is 31.4 Å². The van der Waals surface area contributed by atoms with Gasteiger partial charge in [0.25, 0.3) is 0 Å². The van der Waals surface area contributed by atoms with Gasteiger partial charge in [-0.15, -0.1) is 12.4 Å². The first-order valence-electron chi connectivity index (χ1n) is 15.3. The molecule has 3 aromatic carbocycles. The van der Waals surface area contributed by atoms with Crippen LogP contribution < -0.4 is 15.5 Å². The van der Waals surface area contributed by atoms with E-state index in [0.29, 0.717) is 5.69 Å². The average molecular weight is 669 g/mol. The minimum Gasteiger partial charge on any atom is -0.466 e. The second kappa shape index (κ2) is 15.9. The number of amides is 4. The summed E-state index contributed by atoms with van der Waals surface area (Å²) in [6.45, 7) is 0.0453. The number of benzene rings is 3. The molecule has 9 nitrogen and oxygen atoms in total. The number of halogens is 3. The number of carbonyl (C=O) groups is 3. The van der Waals surface area contributed by atoms with E-state index in [4.69, 9.17) is 9.47 Å². The summed E-state index contributed by atoms with van der Waals surface area (Å²) in [5.41, 5.74) is 3.11. The summed E-state index contributed by atoms with van der Waals surface area (Å²) in [5, 5.41) is 5.28. The molecule has 0 unspecified atom stereocenters. The van der Waals surface area contributed by atoms with Crippen LogP contribution in [-0.2, 0) is 19.7 Å². The van der Waals surface area contributed by atoms with Crippen molar-refractivity contribution in [3.63, 3.8) is 0 Å². The van der Waals surface area contributed by atoms with Crippen LogP contribution in [0.4, 0.5) is 24.1 Å². The van der Waals surface area contributed by atoms with Crippen LogP contribution in [0.2, 0.25) is 0 Å². The summed E-state index contributed by atoms with van der Waals surface area (Å²) >= 11 is 0. The highest BCUT2D eigenvalue weighted by Crippen LogP contribution is 2.46. The van der Waals surface area contributed by atoms with Gasteiger partial charge in [0, 0.05) is 43.4 Å². The first-order valence-corrected chi connectivity index (χ1v) is 15.3.